The monoisotopic (exact) mass is 129 g/mol. The molecule has 0 saturated heterocycles. The van der Waals surface area contributed by atoms with Gasteiger partial charge in [-0.15, -0.1) is 11.8 Å². The number of rotatable bonds is 1. The van der Waals surface area contributed by atoms with Gasteiger partial charge in [0.1, 0.15) is 10.9 Å². The van der Waals surface area contributed by atoms with Gasteiger partial charge >= 0.3 is 0 Å². The Bertz CT molecular complexity index is 140. The van der Waals surface area contributed by atoms with Crippen LogP contribution in [0.1, 0.15) is 0 Å². The number of nitrogens with one attached hydrogen (secondary N) is 1. The molecule has 0 aromatic rings. The minimum absolute atomic E-state index is 0.104. The molecule has 0 saturated carbocycles. The van der Waals surface area contributed by atoms with Crippen LogP contribution >= 0.6 is 11.8 Å². The first-order valence-corrected chi connectivity index (χ1v) is 3.31. The van der Waals surface area contributed by atoms with Gasteiger partial charge in [-0.3, -0.25) is 10.4 Å². The van der Waals surface area contributed by atoms with Crippen molar-refractivity contribution < 1.29 is 0 Å². The van der Waals surface area contributed by atoms with E-state index < -0.39 is 0 Å². The zero-order valence-corrected chi connectivity index (χ0v) is 5.16. The third kappa shape index (κ3) is 1.01. The lowest BCUT2D eigenvalue weighted by Gasteiger charge is -1.89. The lowest BCUT2D eigenvalue weighted by molar-refractivity contribution is 1.18. The molecule has 0 aromatic carbocycles. The van der Waals surface area contributed by atoms with E-state index in [4.69, 9.17) is 11.1 Å². The minimum atomic E-state index is 0.104. The van der Waals surface area contributed by atoms with Gasteiger partial charge in [0.05, 0.1) is 0 Å². The number of hydrogen-bond donors (Lipinski definition) is 2. The molecular weight excluding hydrogens is 122 g/mol. The van der Waals surface area contributed by atoms with E-state index in [9.17, 15) is 0 Å². The van der Waals surface area contributed by atoms with E-state index in [0.29, 0.717) is 5.04 Å². The second kappa shape index (κ2) is 2.17. The Labute approximate surface area is 51.9 Å². The van der Waals surface area contributed by atoms with E-state index in [-0.39, 0.29) is 5.84 Å². The molecule has 1 aliphatic heterocycles. The molecule has 3 N–H and O–H groups in total. The van der Waals surface area contributed by atoms with Crippen LogP contribution in [0.2, 0.25) is 0 Å². The average molecular weight is 129 g/mol. The van der Waals surface area contributed by atoms with Crippen molar-refractivity contribution in [2.45, 2.75) is 0 Å². The molecule has 0 radical (unpaired) electrons. The average Bonchev–Trinajstić information content (AvgIpc) is 2.12. The Morgan fingerprint density at radius 2 is 2.62 bits per heavy atom. The fraction of sp³-hybridized carbons (Fsp3) is 0.500. The molecule has 0 amide bonds. The third-order valence-electron chi connectivity index (χ3n) is 0.816. The second-order valence-corrected chi connectivity index (χ2v) is 2.53. The van der Waals surface area contributed by atoms with Gasteiger partial charge in [0.25, 0.3) is 0 Å². The summed E-state index contributed by atoms with van der Waals surface area (Å²) in [5, 5.41) is 7.62. The molecule has 0 aliphatic carbocycles. The van der Waals surface area contributed by atoms with Gasteiger partial charge < -0.3 is 5.73 Å². The van der Waals surface area contributed by atoms with Crippen molar-refractivity contribution in [3.63, 3.8) is 0 Å². The third-order valence-corrected chi connectivity index (χ3v) is 1.83. The van der Waals surface area contributed by atoms with Gasteiger partial charge in [0.2, 0.25) is 0 Å². The number of aliphatic imine (C=N–C) groups is 1. The van der Waals surface area contributed by atoms with E-state index >= 15 is 0 Å². The summed E-state index contributed by atoms with van der Waals surface area (Å²) in [5.41, 5.74) is 5.13. The molecule has 44 valence electrons. The van der Waals surface area contributed by atoms with Gasteiger partial charge in [0, 0.05) is 12.3 Å². The Balaban J connectivity index is 2.57. The molecule has 0 unspecified atom stereocenters. The molecular formula is C4H7N3S. The number of thioether (sulfide) groups is 1. The van der Waals surface area contributed by atoms with Crippen LogP contribution in [-0.4, -0.2) is 23.2 Å². The summed E-state index contributed by atoms with van der Waals surface area (Å²) in [6.07, 6.45) is 0. The van der Waals surface area contributed by atoms with Crippen molar-refractivity contribution in [1.29, 1.82) is 5.41 Å². The van der Waals surface area contributed by atoms with Crippen LogP contribution in [0.5, 0.6) is 0 Å². The molecule has 0 aromatic heterocycles. The van der Waals surface area contributed by atoms with E-state index in [2.05, 4.69) is 4.99 Å². The summed E-state index contributed by atoms with van der Waals surface area (Å²) in [5.74, 6) is 1.09. The number of nitrogens with two attached hydrogens (primary N) is 1. The SMILES string of the molecule is N=C(N)C1=NCCS1. The fourth-order valence-corrected chi connectivity index (χ4v) is 1.21. The molecule has 0 bridgehead atoms. The Morgan fingerprint density at radius 1 is 1.88 bits per heavy atom. The van der Waals surface area contributed by atoms with Crippen LogP contribution < -0.4 is 5.73 Å². The summed E-state index contributed by atoms with van der Waals surface area (Å²) in [6, 6.07) is 0. The molecule has 1 rings (SSSR count). The molecule has 0 atom stereocenters. The van der Waals surface area contributed by atoms with Crippen LogP contribution in [0.4, 0.5) is 0 Å². The maximum absolute atomic E-state index is 6.92. The quantitative estimate of drug-likeness (QED) is 0.388. The van der Waals surface area contributed by atoms with Crippen LogP contribution in [0, 0.1) is 5.41 Å². The Kier molecular flexibility index (Phi) is 1.53. The molecule has 8 heavy (non-hydrogen) atoms. The predicted octanol–water partition coefficient (Wildman–Crippen LogP) is 0.0677. The number of amidine groups is 1. The van der Waals surface area contributed by atoms with Crippen molar-refractivity contribution in [2.75, 3.05) is 12.3 Å². The maximum atomic E-state index is 6.92. The van der Waals surface area contributed by atoms with Crippen LogP contribution in [0.15, 0.2) is 4.99 Å². The minimum Gasteiger partial charge on any atom is -0.382 e. The van der Waals surface area contributed by atoms with Crippen molar-refractivity contribution in [3.05, 3.63) is 0 Å². The molecule has 1 aliphatic rings. The summed E-state index contributed by atoms with van der Waals surface area (Å²) >= 11 is 1.55. The van der Waals surface area contributed by atoms with Gasteiger partial charge in [-0.2, -0.15) is 0 Å². The van der Waals surface area contributed by atoms with Gasteiger partial charge in [-0.1, -0.05) is 0 Å². The summed E-state index contributed by atoms with van der Waals surface area (Å²) in [7, 11) is 0. The van der Waals surface area contributed by atoms with Crippen molar-refractivity contribution in [2.24, 2.45) is 10.7 Å². The first kappa shape index (κ1) is 5.62. The van der Waals surface area contributed by atoms with Crippen molar-refractivity contribution in [3.8, 4) is 0 Å². The second-order valence-electron chi connectivity index (χ2n) is 1.45. The van der Waals surface area contributed by atoms with Crippen LogP contribution in [0.3, 0.4) is 0 Å². The lowest BCUT2D eigenvalue weighted by Crippen LogP contribution is -2.17. The molecule has 3 nitrogen and oxygen atoms in total. The zero-order chi connectivity index (χ0) is 5.98. The normalized spacial score (nSPS) is 18.2. The Morgan fingerprint density at radius 3 is 2.88 bits per heavy atom. The first-order valence-electron chi connectivity index (χ1n) is 2.32. The van der Waals surface area contributed by atoms with Crippen LogP contribution in [0.25, 0.3) is 0 Å². The first-order chi connectivity index (χ1) is 3.80. The highest BCUT2D eigenvalue weighted by atomic mass is 32.2. The smallest absolute Gasteiger partial charge is 0.148 e. The van der Waals surface area contributed by atoms with Gasteiger partial charge in [-0.05, 0) is 0 Å². The van der Waals surface area contributed by atoms with Gasteiger partial charge in [0.15, 0.2) is 0 Å². The highest BCUT2D eigenvalue weighted by molar-refractivity contribution is 8.16. The fourth-order valence-electron chi connectivity index (χ4n) is 0.498. The van der Waals surface area contributed by atoms with E-state index in [0.717, 1.165) is 12.3 Å². The number of hydrogen-bond acceptors (Lipinski definition) is 3. The van der Waals surface area contributed by atoms with E-state index in [1.165, 1.54) is 0 Å². The summed E-state index contributed by atoms with van der Waals surface area (Å²) in [4.78, 5) is 3.97. The molecule has 1 heterocycles. The lowest BCUT2D eigenvalue weighted by atomic mass is 10.6. The van der Waals surface area contributed by atoms with Crippen LogP contribution in [-0.2, 0) is 0 Å². The largest absolute Gasteiger partial charge is 0.382 e. The van der Waals surface area contributed by atoms with Crippen molar-refractivity contribution >= 4 is 22.6 Å². The highest BCUT2D eigenvalue weighted by Crippen LogP contribution is 2.10. The topological polar surface area (TPSA) is 62.2 Å². The zero-order valence-electron chi connectivity index (χ0n) is 4.35. The molecule has 0 spiro atoms. The molecule has 0 fully saturated rings. The number of nitrogens with zero attached hydrogens (tertiary/aromatic N) is 1. The van der Waals surface area contributed by atoms with E-state index in [1.807, 2.05) is 0 Å². The highest BCUT2D eigenvalue weighted by Gasteiger charge is 2.07. The Hall–Kier alpha value is -0.510. The van der Waals surface area contributed by atoms with E-state index in [1.54, 1.807) is 11.8 Å². The molecule has 4 heteroatoms. The summed E-state index contributed by atoms with van der Waals surface area (Å²) < 4.78 is 0. The van der Waals surface area contributed by atoms with Crippen molar-refractivity contribution in [1.82, 2.24) is 0 Å². The standard InChI is InChI=1S/C4H7N3S/c5-3(6)4-7-1-2-8-4/h1-2H2,(H3,5,6). The summed E-state index contributed by atoms with van der Waals surface area (Å²) in [6.45, 7) is 0.819. The maximum Gasteiger partial charge on any atom is 0.148 e. The predicted molar refractivity (Wildman–Crippen MR) is 36.7 cm³/mol. The van der Waals surface area contributed by atoms with Gasteiger partial charge in [-0.25, -0.2) is 0 Å².